The largest absolute Gasteiger partial charge is 0.376 e. The van der Waals surface area contributed by atoms with Crippen LogP contribution in [-0.2, 0) is 5.41 Å². The number of aromatic nitrogens is 1. The van der Waals surface area contributed by atoms with E-state index in [0.29, 0.717) is 0 Å². The van der Waals surface area contributed by atoms with Crippen LogP contribution < -0.4 is 15.7 Å². The SMILES string of the molecule is Cc1cc2c3c(c1)-n1c4sc5ccccc5c4c4cccc(c41)B3N(c1ccc3c(c1)C(C)(C)c1ccccc1-3)c1cc3ccccc3cc1-2. The normalized spacial score (nSPS) is 14.8. The number of benzene rings is 7. The van der Waals surface area contributed by atoms with Crippen LogP contribution in [0.25, 0.3) is 69.9 Å². The summed E-state index contributed by atoms with van der Waals surface area (Å²) in [6.07, 6.45) is 0. The molecule has 4 heterocycles. The number of rotatable bonds is 1. The molecule has 9 aromatic rings. The number of hydrogen-bond acceptors (Lipinski definition) is 2. The molecular formula is C46H31BN2S. The number of hydrogen-bond donors (Lipinski definition) is 0. The first-order chi connectivity index (χ1) is 24.5. The van der Waals surface area contributed by atoms with E-state index in [1.807, 2.05) is 11.3 Å². The lowest BCUT2D eigenvalue weighted by Gasteiger charge is -2.42. The van der Waals surface area contributed by atoms with Gasteiger partial charge in [0.2, 0.25) is 0 Å². The molecule has 2 nitrogen and oxygen atoms in total. The molecule has 12 rings (SSSR count). The summed E-state index contributed by atoms with van der Waals surface area (Å²) < 4.78 is 3.96. The zero-order chi connectivity index (χ0) is 33.0. The summed E-state index contributed by atoms with van der Waals surface area (Å²) in [5, 5.41) is 6.62. The Labute approximate surface area is 294 Å². The highest BCUT2D eigenvalue weighted by Crippen LogP contribution is 2.52. The number of para-hydroxylation sites is 1. The molecular weight excluding hydrogens is 623 g/mol. The smallest absolute Gasteiger partial charge is 0.333 e. The van der Waals surface area contributed by atoms with Crippen molar-refractivity contribution in [2.24, 2.45) is 0 Å². The third-order valence-corrected chi connectivity index (χ3v) is 13.1. The molecule has 0 atom stereocenters. The first-order valence-corrected chi connectivity index (χ1v) is 18.5. The zero-order valence-electron chi connectivity index (χ0n) is 28.1. The summed E-state index contributed by atoms with van der Waals surface area (Å²) in [6.45, 7) is 7.06. The Balaban J connectivity index is 1.23. The lowest BCUT2D eigenvalue weighted by Crippen LogP contribution is -2.60. The van der Waals surface area contributed by atoms with Crippen molar-refractivity contribution in [3.8, 4) is 27.9 Å². The van der Waals surface area contributed by atoms with Gasteiger partial charge in [0.25, 0.3) is 0 Å². The highest BCUT2D eigenvalue weighted by atomic mass is 32.1. The fraction of sp³-hybridized carbons (Fsp3) is 0.0870. The summed E-state index contributed by atoms with van der Waals surface area (Å²) >= 11 is 1.92. The number of nitrogens with zero attached hydrogens (tertiary/aromatic N) is 2. The third kappa shape index (κ3) is 3.22. The van der Waals surface area contributed by atoms with E-state index in [1.54, 1.807) is 0 Å². The molecule has 0 unspecified atom stereocenters. The van der Waals surface area contributed by atoms with Gasteiger partial charge in [0.05, 0.1) is 5.52 Å². The molecule has 4 heteroatoms. The number of aryl methyl sites for hydroxylation is 1. The van der Waals surface area contributed by atoms with Gasteiger partial charge in [-0.15, -0.1) is 11.3 Å². The van der Waals surface area contributed by atoms with Gasteiger partial charge in [-0.1, -0.05) is 111 Å². The van der Waals surface area contributed by atoms with Gasteiger partial charge in [-0.05, 0) is 98.4 Å². The highest BCUT2D eigenvalue weighted by molar-refractivity contribution is 7.26. The molecule has 0 saturated heterocycles. The maximum absolute atomic E-state index is 2.68. The molecule has 234 valence electrons. The Morgan fingerprint density at radius 3 is 2.26 bits per heavy atom. The van der Waals surface area contributed by atoms with Crippen molar-refractivity contribution < 1.29 is 0 Å². The summed E-state index contributed by atoms with van der Waals surface area (Å²) in [4.78, 5) is 4.02. The van der Waals surface area contributed by atoms with Gasteiger partial charge in [0.1, 0.15) is 4.83 Å². The van der Waals surface area contributed by atoms with E-state index in [4.69, 9.17) is 0 Å². The molecule has 0 saturated carbocycles. The Hall–Kier alpha value is -5.58. The molecule has 50 heavy (non-hydrogen) atoms. The van der Waals surface area contributed by atoms with Crippen LogP contribution in [0.3, 0.4) is 0 Å². The van der Waals surface area contributed by atoms with Gasteiger partial charge in [0, 0.05) is 48.9 Å². The molecule has 7 aromatic carbocycles. The summed E-state index contributed by atoms with van der Waals surface area (Å²) in [5.41, 5.74) is 17.3. The molecule has 1 aliphatic carbocycles. The molecule has 3 aliphatic rings. The van der Waals surface area contributed by atoms with Gasteiger partial charge >= 0.3 is 6.85 Å². The number of fused-ring (bicyclic) bond motifs is 13. The van der Waals surface area contributed by atoms with E-state index in [9.17, 15) is 0 Å². The number of thiophene rings is 1. The van der Waals surface area contributed by atoms with Crippen molar-refractivity contribution in [2.45, 2.75) is 26.2 Å². The van der Waals surface area contributed by atoms with Crippen molar-refractivity contribution in [3.63, 3.8) is 0 Å². The molecule has 0 N–H and O–H groups in total. The van der Waals surface area contributed by atoms with Gasteiger partial charge in [-0.3, -0.25) is 0 Å². The fourth-order valence-corrected chi connectivity index (χ4v) is 11.1. The van der Waals surface area contributed by atoms with E-state index in [0.717, 1.165) is 0 Å². The molecule has 0 fully saturated rings. The maximum atomic E-state index is 2.68. The quantitative estimate of drug-likeness (QED) is 0.160. The molecule has 2 aliphatic heterocycles. The summed E-state index contributed by atoms with van der Waals surface area (Å²) in [5.74, 6) is 0. The average molecular weight is 655 g/mol. The standard InChI is InChI=1S/C46H31BN2S/c1-26-21-35-34-23-27-11-4-5-12-28(27)24-39(34)49(29-19-20-31-30-13-6-8-16-36(30)46(2,3)37(31)25-29)47-38-17-10-15-33-42-32-14-7-9-18-41(32)50-45(42)48(44(33)38)40(22-26)43(35)47/h4-25H,1-3H3. The lowest BCUT2D eigenvalue weighted by molar-refractivity contribution is 0.660. The van der Waals surface area contributed by atoms with Crippen LogP contribution in [-0.4, -0.2) is 11.4 Å². The lowest BCUT2D eigenvalue weighted by atomic mass is 9.44. The van der Waals surface area contributed by atoms with Crippen LogP contribution in [0.5, 0.6) is 0 Å². The van der Waals surface area contributed by atoms with Crippen LogP contribution >= 0.6 is 11.3 Å². The van der Waals surface area contributed by atoms with Gasteiger partial charge in [0.15, 0.2) is 0 Å². The third-order valence-electron chi connectivity index (χ3n) is 12.0. The van der Waals surface area contributed by atoms with Gasteiger partial charge in [-0.25, -0.2) is 0 Å². The van der Waals surface area contributed by atoms with Crippen LogP contribution in [0.15, 0.2) is 133 Å². The number of anilines is 2. The van der Waals surface area contributed by atoms with E-state index in [2.05, 4.69) is 164 Å². The summed E-state index contributed by atoms with van der Waals surface area (Å²) in [6, 6.07) is 50.8. The second kappa shape index (κ2) is 9.15. The topological polar surface area (TPSA) is 8.17 Å². The van der Waals surface area contributed by atoms with E-state index >= 15 is 0 Å². The molecule has 0 amide bonds. The fourth-order valence-electron chi connectivity index (χ4n) is 9.83. The first kappa shape index (κ1) is 27.3. The second-order valence-electron chi connectivity index (χ2n) is 15.0. The Kier molecular flexibility index (Phi) is 4.99. The first-order valence-electron chi connectivity index (χ1n) is 17.6. The zero-order valence-corrected chi connectivity index (χ0v) is 28.9. The van der Waals surface area contributed by atoms with Gasteiger partial charge in [-0.2, -0.15) is 0 Å². The van der Waals surface area contributed by atoms with E-state index in [-0.39, 0.29) is 12.3 Å². The molecule has 2 aromatic heterocycles. The van der Waals surface area contributed by atoms with Gasteiger partial charge < -0.3 is 9.38 Å². The van der Waals surface area contributed by atoms with Crippen LogP contribution in [0, 0.1) is 6.92 Å². The molecule has 0 bridgehead atoms. The van der Waals surface area contributed by atoms with E-state index < -0.39 is 0 Å². The minimum atomic E-state index is -0.0865. The van der Waals surface area contributed by atoms with Crippen LogP contribution in [0.2, 0.25) is 0 Å². The van der Waals surface area contributed by atoms with Crippen molar-refractivity contribution >= 4 is 82.5 Å². The maximum Gasteiger partial charge on any atom is 0.333 e. The predicted molar refractivity (Wildman–Crippen MR) is 215 cm³/mol. The van der Waals surface area contributed by atoms with Crippen molar-refractivity contribution in [3.05, 3.63) is 150 Å². The average Bonchev–Trinajstić information content (AvgIpc) is 3.75. The Bertz CT molecular complexity index is 3000. The predicted octanol–water partition coefficient (Wildman–Crippen LogP) is 11.0. The second-order valence-corrected chi connectivity index (χ2v) is 16.0. The Morgan fingerprint density at radius 1 is 0.600 bits per heavy atom. The monoisotopic (exact) mass is 654 g/mol. The van der Waals surface area contributed by atoms with Crippen molar-refractivity contribution in [1.82, 2.24) is 4.57 Å². The highest BCUT2D eigenvalue weighted by Gasteiger charge is 2.45. The Morgan fingerprint density at radius 2 is 1.36 bits per heavy atom. The summed E-state index contributed by atoms with van der Waals surface area (Å²) in [7, 11) is 0. The van der Waals surface area contributed by atoms with Crippen LogP contribution in [0.4, 0.5) is 11.4 Å². The molecule has 0 radical (unpaired) electrons. The minimum absolute atomic E-state index is 0.0191. The molecule has 0 spiro atoms. The van der Waals surface area contributed by atoms with Crippen LogP contribution in [0.1, 0.15) is 30.5 Å². The minimum Gasteiger partial charge on any atom is -0.376 e. The van der Waals surface area contributed by atoms with Crippen molar-refractivity contribution in [2.75, 3.05) is 4.81 Å². The van der Waals surface area contributed by atoms with Crippen molar-refractivity contribution in [1.29, 1.82) is 0 Å². The van der Waals surface area contributed by atoms with E-state index in [1.165, 1.54) is 109 Å².